The van der Waals surface area contributed by atoms with Gasteiger partial charge < -0.3 is 10.5 Å². The van der Waals surface area contributed by atoms with Gasteiger partial charge in [0.05, 0.1) is 6.54 Å². The highest BCUT2D eigenvalue weighted by Gasteiger charge is 2.31. The van der Waals surface area contributed by atoms with Crippen LogP contribution in [0.1, 0.15) is 12.1 Å². The van der Waals surface area contributed by atoms with Gasteiger partial charge in [-0.2, -0.15) is 12.7 Å². The van der Waals surface area contributed by atoms with Crippen LogP contribution in [0.4, 0.5) is 0 Å². The smallest absolute Gasteiger partial charge is 0.287 e. The van der Waals surface area contributed by atoms with Crippen molar-refractivity contribution in [1.82, 2.24) is 14.6 Å². The molecule has 100 valence electrons. The van der Waals surface area contributed by atoms with Crippen LogP contribution in [0, 0.1) is 5.41 Å². The van der Waals surface area contributed by atoms with Crippen molar-refractivity contribution in [3.05, 3.63) is 5.69 Å². The first kappa shape index (κ1) is 12.7. The molecule has 0 aliphatic carbocycles. The van der Waals surface area contributed by atoms with Crippen LogP contribution in [0.3, 0.4) is 0 Å². The zero-order valence-corrected chi connectivity index (χ0v) is 10.1. The average Bonchev–Trinajstić information content (AvgIpc) is 2.85. The fourth-order valence-corrected chi connectivity index (χ4v) is 2.34. The summed E-state index contributed by atoms with van der Waals surface area (Å²) >= 11 is 0. The normalized spacial score (nSPS) is 21.1. The predicted octanol–water partition coefficient (Wildman–Crippen LogP) is -1.99. The molecular formula is C7H12N6O4S. The van der Waals surface area contributed by atoms with E-state index in [0.717, 1.165) is 4.31 Å². The second-order valence-corrected chi connectivity index (χ2v) is 5.31. The second kappa shape index (κ2) is 4.51. The first-order valence-corrected chi connectivity index (χ1v) is 6.49. The summed E-state index contributed by atoms with van der Waals surface area (Å²) in [6, 6.07) is 0. The molecule has 0 bridgehead atoms. The number of nitrogens with zero attached hydrogens (tertiary/aromatic N) is 3. The number of hydrogen-bond donors (Lipinski definition) is 3. The van der Waals surface area contributed by atoms with E-state index < -0.39 is 16.3 Å². The third kappa shape index (κ3) is 2.57. The van der Waals surface area contributed by atoms with Crippen LogP contribution in [0.25, 0.3) is 0 Å². The minimum absolute atomic E-state index is 0.0101. The lowest BCUT2D eigenvalue weighted by molar-refractivity contribution is 0.190. The van der Waals surface area contributed by atoms with Crippen molar-refractivity contribution < 1.29 is 17.8 Å². The number of amidine groups is 1. The number of nitrogens with one attached hydrogen (secondary N) is 1. The molecule has 1 saturated heterocycles. The molecule has 0 amide bonds. The number of nitrogens with two attached hydrogens (primary N) is 2. The molecule has 1 fully saturated rings. The number of aromatic nitrogens is 2. The number of rotatable bonds is 4. The van der Waals surface area contributed by atoms with Gasteiger partial charge in [0.2, 0.25) is 5.69 Å². The summed E-state index contributed by atoms with van der Waals surface area (Å²) in [5.74, 6) is -0.365. The van der Waals surface area contributed by atoms with Crippen molar-refractivity contribution in [3.63, 3.8) is 0 Å². The SMILES string of the molecule is N=C(N)c1nonc1O[C@H]1CCN(S(N)(=O)=O)C1. The van der Waals surface area contributed by atoms with E-state index in [1.54, 1.807) is 0 Å². The van der Waals surface area contributed by atoms with Gasteiger partial charge in [0, 0.05) is 6.54 Å². The fraction of sp³-hybridized carbons (Fsp3) is 0.571. The second-order valence-electron chi connectivity index (χ2n) is 3.76. The molecule has 1 aromatic rings. The van der Waals surface area contributed by atoms with Crippen LogP contribution in [-0.4, -0.2) is 48.1 Å². The Morgan fingerprint density at radius 1 is 1.56 bits per heavy atom. The number of nitrogen functional groups attached to an aromatic ring is 1. The minimum Gasteiger partial charge on any atom is -0.469 e. The predicted molar refractivity (Wildman–Crippen MR) is 59.0 cm³/mol. The van der Waals surface area contributed by atoms with Crippen molar-refractivity contribution >= 4 is 16.0 Å². The maximum atomic E-state index is 11.1. The zero-order chi connectivity index (χ0) is 13.3. The number of ether oxygens (including phenoxy) is 1. The van der Waals surface area contributed by atoms with E-state index in [-0.39, 0.29) is 30.5 Å². The van der Waals surface area contributed by atoms with Gasteiger partial charge in [-0.15, -0.1) is 0 Å². The third-order valence-corrected chi connectivity index (χ3v) is 3.51. The topological polar surface area (TPSA) is 161 Å². The Labute approximate surface area is 103 Å². The lowest BCUT2D eigenvalue weighted by Crippen LogP contribution is -2.36. The Morgan fingerprint density at radius 3 is 2.83 bits per heavy atom. The molecule has 1 aromatic heterocycles. The molecule has 18 heavy (non-hydrogen) atoms. The molecule has 2 rings (SSSR count). The van der Waals surface area contributed by atoms with E-state index in [1.165, 1.54) is 0 Å². The van der Waals surface area contributed by atoms with E-state index >= 15 is 0 Å². The van der Waals surface area contributed by atoms with Crippen molar-refractivity contribution in [1.29, 1.82) is 5.41 Å². The highest BCUT2D eigenvalue weighted by Crippen LogP contribution is 2.19. The maximum absolute atomic E-state index is 11.1. The highest BCUT2D eigenvalue weighted by molar-refractivity contribution is 7.86. The summed E-state index contributed by atoms with van der Waals surface area (Å²) < 4.78 is 33.1. The van der Waals surface area contributed by atoms with Gasteiger partial charge in [-0.25, -0.2) is 9.77 Å². The first-order chi connectivity index (χ1) is 8.38. The summed E-state index contributed by atoms with van der Waals surface area (Å²) in [6.07, 6.45) is 0.0361. The van der Waals surface area contributed by atoms with Crippen molar-refractivity contribution in [3.8, 4) is 5.88 Å². The minimum atomic E-state index is -3.71. The Kier molecular flexibility index (Phi) is 3.19. The molecule has 10 nitrogen and oxygen atoms in total. The van der Waals surface area contributed by atoms with Gasteiger partial charge in [-0.3, -0.25) is 5.41 Å². The molecule has 0 spiro atoms. The van der Waals surface area contributed by atoms with Crippen LogP contribution in [0.15, 0.2) is 4.63 Å². The van der Waals surface area contributed by atoms with Gasteiger partial charge in [0.1, 0.15) is 6.10 Å². The molecule has 5 N–H and O–H groups in total. The van der Waals surface area contributed by atoms with E-state index in [4.69, 9.17) is 21.0 Å². The van der Waals surface area contributed by atoms with Crippen LogP contribution >= 0.6 is 0 Å². The molecule has 0 radical (unpaired) electrons. The van der Waals surface area contributed by atoms with E-state index in [2.05, 4.69) is 14.9 Å². The van der Waals surface area contributed by atoms with Crippen LogP contribution < -0.4 is 15.6 Å². The summed E-state index contributed by atoms with van der Waals surface area (Å²) in [7, 11) is -3.71. The van der Waals surface area contributed by atoms with Gasteiger partial charge in [0.15, 0.2) is 5.84 Å². The molecule has 1 aliphatic rings. The van der Waals surface area contributed by atoms with Crippen LogP contribution in [0.2, 0.25) is 0 Å². The first-order valence-electron chi connectivity index (χ1n) is 4.99. The van der Waals surface area contributed by atoms with E-state index in [0.29, 0.717) is 6.42 Å². The Morgan fingerprint density at radius 2 is 2.28 bits per heavy atom. The molecule has 0 aromatic carbocycles. The summed E-state index contributed by atoms with van der Waals surface area (Å²) in [5, 5.41) is 19.1. The number of hydrogen-bond acceptors (Lipinski definition) is 7. The maximum Gasteiger partial charge on any atom is 0.287 e. The lowest BCUT2D eigenvalue weighted by Gasteiger charge is -2.13. The molecular weight excluding hydrogens is 264 g/mol. The Bertz CT molecular complexity index is 554. The standard InChI is InChI=1S/C7H12N6O4S/c8-6(9)5-7(12-17-11-5)16-4-1-2-13(3-4)18(10,14)15/h4H,1-3H2,(H3,8,9)(H2,10,14,15)/t4-/m0/s1. The van der Waals surface area contributed by atoms with Crippen molar-refractivity contribution in [2.45, 2.75) is 12.5 Å². The monoisotopic (exact) mass is 276 g/mol. The lowest BCUT2D eigenvalue weighted by atomic mass is 10.3. The quantitative estimate of drug-likeness (QED) is 0.423. The molecule has 11 heteroatoms. The average molecular weight is 276 g/mol. The van der Waals surface area contributed by atoms with Gasteiger partial charge in [-0.1, -0.05) is 0 Å². The third-order valence-electron chi connectivity index (χ3n) is 2.46. The molecule has 0 unspecified atom stereocenters. The zero-order valence-electron chi connectivity index (χ0n) is 9.24. The Hall–Kier alpha value is -1.72. The van der Waals surface area contributed by atoms with Crippen molar-refractivity contribution in [2.24, 2.45) is 10.9 Å². The van der Waals surface area contributed by atoms with Gasteiger partial charge >= 0.3 is 0 Å². The largest absolute Gasteiger partial charge is 0.469 e. The van der Waals surface area contributed by atoms with Crippen molar-refractivity contribution in [2.75, 3.05) is 13.1 Å². The summed E-state index contributed by atoms with van der Waals surface area (Å²) in [5.41, 5.74) is 5.23. The van der Waals surface area contributed by atoms with E-state index in [9.17, 15) is 8.42 Å². The molecule has 1 atom stereocenters. The van der Waals surface area contributed by atoms with Crippen LogP contribution in [0.5, 0.6) is 5.88 Å². The Balaban J connectivity index is 2.04. The van der Waals surface area contributed by atoms with Gasteiger partial charge in [0.25, 0.3) is 16.1 Å². The molecule has 2 heterocycles. The highest BCUT2D eigenvalue weighted by atomic mass is 32.2. The molecule has 1 aliphatic heterocycles. The molecule has 0 saturated carbocycles. The summed E-state index contributed by atoms with van der Waals surface area (Å²) in [6.45, 7) is 0.382. The van der Waals surface area contributed by atoms with Gasteiger partial charge in [-0.05, 0) is 16.7 Å². The van der Waals surface area contributed by atoms with E-state index in [1.807, 2.05) is 0 Å². The van der Waals surface area contributed by atoms with Crippen LogP contribution in [-0.2, 0) is 10.2 Å². The summed E-state index contributed by atoms with van der Waals surface area (Å²) in [4.78, 5) is 0. The fourth-order valence-electron chi connectivity index (χ4n) is 1.61.